The molecule has 0 spiro atoms. The maximum atomic E-state index is 13.0. The number of halogens is 3. The van der Waals surface area contributed by atoms with Crippen LogP contribution in [0.25, 0.3) is 0 Å². The molecule has 1 unspecified atom stereocenters. The second kappa shape index (κ2) is 6.06. The van der Waals surface area contributed by atoms with Gasteiger partial charge >= 0.3 is 5.97 Å². The first-order chi connectivity index (χ1) is 7.54. The number of carbonyl (C=O) groups is 1. The molecule has 1 aromatic rings. The van der Waals surface area contributed by atoms with Crippen molar-refractivity contribution in [2.24, 2.45) is 0 Å². The first kappa shape index (κ1) is 13.3. The van der Waals surface area contributed by atoms with Crippen LogP contribution in [-0.4, -0.2) is 24.5 Å². The zero-order chi connectivity index (χ0) is 12.1. The molecule has 0 aliphatic heterocycles. The molecule has 1 aromatic carbocycles. The molecule has 88 valence electrons. The minimum Gasteiger partial charge on any atom is -0.492 e. The molecule has 16 heavy (non-hydrogen) atoms. The molecule has 1 atom stereocenters. The van der Waals surface area contributed by atoms with E-state index in [4.69, 9.17) is 16.3 Å². The van der Waals surface area contributed by atoms with Crippen LogP contribution in [-0.2, 0) is 9.53 Å². The van der Waals surface area contributed by atoms with Crippen LogP contribution < -0.4 is 4.74 Å². The lowest BCUT2D eigenvalue weighted by Crippen LogP contribution is -2.22. The summed E-state index contributed by atoms with van der Waals surface area (Å²) in [6.07, 6.45) is 0. The van der Waals surface area contributed by atoms with Crippen molar-refractivity contribution in [2.45, 2.75) is 4.83 Å². The summed E-state index contributed by atoms with van der Waals surface area (Å²) in [5.41, 5.74) is 0. The van der Waals surface area contributed by atoms with Gasteiger partial charge in [-0.2, -0.15) is 0 Å². The van der Waals surface area contributed by atoms with Gasteiger partial charge in [-0.25, -0.2) is 4.39 Å². The molecule has 0 radical (unpaired) electrons. The lowest BCUT2D eigenvalue weighted by atomic mass is 10.3. The van der Waals surface area contributed by atoms with E-state index in [1.807, 2.05) is 0 Å². The van der Waals surface area contributed by atoms with Gasteiger partial charge in [-0.05, 0) is 12.1 Å². The van der Waals surface area contributed by atoms with E-state index in [9.17, 15) is 9.18 Å². The van der Waals surface area contributed by atoms with Gasteiger partial charge in [0.2, 0.25) is 0 Å². The van der Waals surface area contributed by atoms with Crippen LogP contribution in [0.15, 0.2) is 18.2 Å². The quantitative estimate of drug-likeness (QED) is 0.633. The van der Waals surface area contributed by atoms with Crippen molar-refractivity contribution in [3.63, 3.8) is 0 Å². The molecular weight excluding hydrogens is 302 g/mol. The lowest BCUT2D eigenvalue weighted by Gasteiger charge is -2.10. The van der Waals surface area contributed by atoms with Gasteiger partial charge in [0.05, 0.1) is 12.1 Å². The van der Waals surface area contributed by atoms with Crippen molar-refractivity contribution in [2.75, 3.05) is 13.7 Å². The van der Waals surface area contributed by atoms with Crippen LogP contribution in [0.4, 0.5) is 4.39 Å². The summed E-state index contributed by atoms with van der Waals surface area (Å²) in [6, 6.07) is 4.05. The summed E-state index contributed by atoms with van der Waals surface area (Å²) in [6.45, 7) is 0.0494. The van der Waals surface area contributed by atoms with Gasteiger partial charge in [-0.1, -0.05) is 27.5 Å². The van der Waals surface area contributed by atoms with Crippen LogP contribution in [0.1, 0.15) is 0 Å². The molecule has 0 fully saturated rings. The molecule has 1 rings (SSSR count). The summed E-state index contributed by atoms with van der Waals surface area (Å²) in [4.78, 5) is 10.4. The zero-order valence-electron chi connectivity index (χ0n) is 8.38. The Labute approximate surface area is 106 Å². The summed E-state index contributed by atoms with van der Waals surface area (Å²) >= 11 is 8.58. The molecule has 0 aliphatic carbocycles. The van der Waals surface area contributed by atoms with E-state index in [0.29, 0.717) is 5.75 Å². The number of ether oxygens (including phenoxy) is 2. The van der Waals surface area contributed by atoms with Gasteiger partial charge in [0, 0.05) is 6.07 Å². The summed E-state index contributed by atoms with van der Waals surface area (Å²) in [5.74, 6) is -0.715. The largest absolute Gasteiger partial charge is 0.492 e. The Kier molecular flexibility index (Phi) is 5.02. The van der Waals surface area contributed by atoms with E-state index < -0.39 is 16.6 Å². The fourth-order valence-corrected chi connectivity index (χ4v) is 1.37. The number of methoxy groups -OCH3 is 1. The Bertz CT molecular complexity index is 386. The molecule has 0 aromatic heterocycles. The predicted octanol–water partition coefficient (Wildman–Crippen LogP) is 2.79. The summed E-state index contributed by atoms with van der Waals surface area (Å²) in [7, 11) is 1.28. The number of rotatable bonds is 4. The molecule has 0 aliphatic rings. The highest BCUT2D eigenvalue weighted by atomic mass is 79.9. The smallest absolute Gasteiger partial charge is 0.322 e. The molecule has 0 saturated carbocycles. The number of hydrogen-bond donors (Lipinski definition) is 0. The third-order valence-electron chi connectivity index (χ3n) is 1.74. The Morgan fingerprint density at radius 1 is 1.62 bits per heavy atom. The van der Waals surface area contributed by atoms with Gasteiger partial charge in [0.15, 0.2) is 0 Å². The third kappa shape index (κ3) is 3.64. The van der Waals surface area contributed by atoms with E-state index in [2.05, 4.69) is 20.7 Å². The van der Waals surface area contributed by atoms with Gasteiger partial charge < -0.3 is 9.47 Å². The van der Waals surface area contributed by atoms with Crippen LogP contribution in [0.5, 0.6) is 5.75 Å². The Morgan fingerprint density at radius 3 is 2.88 bits per heavy atom. The molecule has 0 heterocycles. The van der Waals surface area contributed by atoms with Gasteiger partial charge in [0.1, 0.15) is 23.0 Å². The Balaban J connectivity index is 2.55. The van der Waals surface area contributed by atoms with Crippen LogP contribution in [0.2, 0.25) is 5.02 Å². The maximum absolute atomic E-state index is 13.0. The standard InChI is InChI=1S/C10H9BrClFO3/c1-15-10(14)7(11)5-16-6-2-3-8(12)9(13)4-6/h2-4,7H,5H2,1H3. The molecule has 3 nitrogen and oxygen atoms in total. The first-order valence-corrected chi connectivity index (χ1v) is 5.63. The zero-order valence-corrected chi connectivity index (χ0v) is 10.7. The number of carbonyl (C=O) groups excluding carboxylic acids is 1. The van der Waals surface area contributed by atoms with Crippen molar-refractivity contribution in [1.82, 2.24) is 0 Å². The third-order valence-corrected chi connectivity index (χ3v) is 2.69. The second-order valence-electron chi connectivity index (χ2n) is 2.88. The van der Waals surface area contributed by atoms with Crippen molar-refractivity contribution >= 4 is 33.5 Å². The topological polar surface area (TPSA) is 35.5 Å². The fourth-order valence-electron chi connectivity index (χ4n) is 0.932. The minimum atomic E-state index is -0.587. The van der Waals surface area contributed by atoms with E-state index >= 15 is 0 Å². The second-order valence-corrected chi connectivity index (χ2v) is 4.39. The highest BCUT2D eigenvalue weighted by Gasteiger charge is 2.16. The Morgan fingerprint density at radius 2 is 2.31 bits per heavy atom. The number of benzene rings is 1. The van der Waals surface area contributed by atoms with Gasteiger partial charge in [-0.15, -0.1) is 0 Å². The summed E-state index contributed by atoms with van der Waals surface area (Å²) in [5, 5.41) is 0.0238. The number of alkyl halides is 1. The molecule has 0 saturated heterocycles. The van der Waals surface area contributed by atoms with E-state index in [-0.39, 0.29) is 11.6 Å². The van der Waals surface area contributed by atoms with Crippen LogP contribution in [0.3, 0.4) is 0 Å². The maximum Gasteiger partial charge on any atom is 0.322 e. The molecule has 6 heteroatoms. The highest BCUT2D eigenvalue weighted by Crippen LogP contribution is 2.20. The fraction of sp³-hybridized carbons (Fsp3) is 0.300. The average molecular weight is 312 g/mol. The van der Waals surface area contributed by atoms with Crippen LogP contribution in [0, 0.1) is 5.82 Å². The van der Waals surface area contributed by atoms with Crippen molar-refractivity contribution in [3.05, 3.63) is 29.0 Å². The SMILES string of the molecule is COC(=O)C(Br)COc1ccc(Cl)c(F)c1. The van der Waals surface area contributed by atoms with E-state index in [0.717, 1.165) is 6.07 Å². The van der Waals surface area contributed by atoms with Crippen molar-refractivity contribution in [1.29, 1.82) is 0 Å². The predicted molar refractivity (Wildman–Crippen MR) is 61.6 cm³/mol. The first-order valence-electron chi connectivity index (χ1n) is 4.34. The molecule has 0 bridgehead atoms. The number of hydrogen-bond acceptors (Lipinski definition) is 3. The van der Waals surface area contributed by atoms with E-state index in [1.54, 1.807) is 0 Å². The normalized spacial score (nSPS) is 12.0. The minimum absolute atomic E-state index is 0.0238. The van der Waals surface area contributed by atoms with Crippen LogP contribution >= 0.6 is 27.5 Å². The van der Waals surface area contributed by atoms with Crippen molar-refractivity contribution in [3.8, 4) is 5.75 Å². The highest BCUT2D eigenvalue weighted by molar-refractivity contribution is 9.10. The van der Waals surface area contributed by atoms with Crippen molar-refractivity contribution < 1.29 is 18.7 Å². The van der Waals surface area contributed by atoms with Gasteiger partial charge in [0.25, 0.3) is 0 Å². The molecular formula is C10H9BrClFO3. The summed E-state index contributed by atoms with van der Waals surface area (Å²) < 4.78 is 22.7. The average Bonchev–Trinajstić information content (AvgIpc) is 2.29. The molecule has 0 N–H and O–H groups in total. The molecule has 0 amide bonds. The lowest BCUT2D eigenvalue weighted by molar-refractivity contribution is -0.140. The number of esters is 1. The van der Waals surface area contributed by atoms with E-state index in [1.165, 1.54) is 19.2 Å². The Hall–Kier alpha value is -0.810. The monoisotopic (exact) mass is 310 g/mol. The van der Waals surface area contributed by atoms with Gasteiger partial charge in [-0.3, -0.25) is 4.79 Å².